The molecular formula is C26H25N3O2S2. The molecule has 5 rings (SSSR count). The number of aromatic nitrogens is 2. The number of thiophene rings is 1. The normalized spacial score (nSPS) is 15.0. The Morgan fingerprint density at radius 1 is 1.18 bits per heavy atom. The van der Waals surface area contributed by atoms with Crippen molar-refractivity contribution in [1.29, 1.82) is 0 Å². The first-order valence-corrected chi connectivity index (χ1v) is 12.9. The Bertz CT molecular complexity index is 1410. The van der Waals surface area contributed by atoms with Crippen LogP contribution in [0.1, 0.15) is 40.3 Å². The van der Waals surface area contributed by atoms with E-state index in [1.54, 1.807) is 4.57 Å². The van der Waals surface area contributed by atoms with Gasteiger partial charge in [0.25, 0.3) is 5.56 Å². The van der Waals surface area contributed by atoms with Crippen LogP contribution in [0, 0.1) is 13.8 Å². The van der Waals surface area contributed by atoms with E-state index in [2.05, 4.69) is 43.4 Å². The zero-order chi connectivity index (χ0) is 22.9. The average molecular weight is 476 g/mol. The number of nitrogens with one attached hydrogen (secondary N) is 1. The molecule has 1 N–H and O–H groups in total. The molecule has 5 nitrogen and oxygen atoms in total. The summed E-state index contributed by atoms with van der Waals surface area (Å²) in [5.74, 6) is 0.173. The standard InChI is InChI=1S/C26H25N3O2S2/c1-16-7-8-18(13-17(16)2)14-29-25(31)24-22(11-12-32-24)28-26(29)33-15-23(30)27-21-10-9-19-5-3-4-6-20(19)21/h3-8,11-13,21H,9-10,14-15H2,1-2H3,(H,27,30). The minimum Gasteiger partial charge on any atom is -0.349 e. The van der Waals surface area contributed by atoms with Gasteiger partial charge in [0.05, 0.1) is 23.9 Å². The Morgan fingerprint density at radius 3 is 2.88 bits per heavy atom. The minimum atomic E-state index is -0.0548. The second kappa shape index (κ2) is 9.15. The lowest BCUT2D eigenvalue weighted by atomic mass is 10.1. The van der Waals surface area contributed by atoms with Crippen LogP contribution >= 0.6 is 23.1 Å². The molecule has 0 saturated carbocycles. The average Bonchev–Trinajstić information content (AvgIpc) is 3.44. The van der Waals surface area contributed by atoms with Crippen LogP contribution in [0.5, 0.6) is 0 Å². The van der Waals surface area contributed by atoms with Crippen molar-refractivity contribution < 1.29 is 4.79 Å². The number of hydrogen-bond acceptors (Lipinski definition) is 5. The molecular weight excluding hydrogens is 450 g/mol. The summed E-state index contributed by atoms with van der Waals surface area (Å²) < 4.78 is 2.35. The highest BCUT2D eigenvalue weighted by Crippen LogP contribution is 2.31. The molecule has 1 aliphatic rings. The number of rotatable bonds is 6. The molecule has 0 saturated heterocycles. The van der Waals surface area contributed by atoms with Gasteiger partial charge in [0.2, 0.25) is 5.91 Å². The Kier molecular flexibility index (Phi) is 6.08. The molecule has 1 unspecified atom stereocenters. The molecule has 0 radical (unpaired) electrons. The van der Waals surface area contributed by atoms with Crippen LogP contribution in [0.3, 0.4) is 0 Å². The Balaban J connectivity index is 1.37. The second-order valence-electron chi connectivity index (χ2n) is 8.49. The lowest BCUT2D eigenvalue weighted by molar-refractivity contribution is -0.119. The first-order valence-electron chi connectivity index (χ1n) is 11.0. The third-order valence-electron chi connectivity index (χ3n) is 6.24. The maximum atomic E-state index is 13.2. The van der Waals surface area contributed by atoms with E-state index >= 15 is 0 Å². The monoisotopic (exact) mass is 475 g/mol. The molecule has 0 aliphatic heterocycles. The van der Waals surface area contributed by atoms with Crippen molar-refractivity contribution >= 4 is 39.2 Å². The Hall–Kier alpha value is -2.90. The van der Waals surface area contributed by atoms with Crippen LogP contribution in [0.15, 0.2) is 63.9 Å². The van der Waals surface area contributed by atoms with Crippen molar-refractivity contribution in [3.63, 3.8) is 0 Å². The van der Waals surface area contributed by atoms with Gasteiger partial charge in [0.15, 0.2) is 5.16 Å². The molecule has 1 amide bonds. The van der Waals surface area contributed by atoms with E-state index in [0.717, 1.165) is 18.4 Å². The number of benzene rings is 2. The lowest BCUT2D eigenvalue weighted by Gasteiger charge is -2.15. The predicted octanol–water partition coefficient (Wildman–Crippen LogP) is 5.02. The lowest BCUT2D eigenvalue weighted by Crippen LogP contribution is -2.29. The summed E-state index contributed by atoms with van der Waals surface area (Å²) in [6, 6.07) is 16.4. The molecule has 2 aromatic heterocycles. The smallest absolute Gasteiger partial charge is 0.272 e. The van der Waals surface area contributed by atoms with Gasteiger partial charge in [-0.1, -0.05) is 54.2 Å². The summed E-state index contributed by atoms with van der Waals surface area (Å²) in [4.78, 5) is 30.8. The topological polar surface area (TPSA) is 64.0 Å². The number of fused-ring (bicyclic) bond motifs is 2. The highest BCUT2D eigenvalue weighted by Gasteiger charge is 2.23. The summed E-state index contributed by atoms with van der Waals surface area (Å²) in [6.45, 7) is 4.58. The maximum absolute atomic E-state index is 13.2. The first-order chi connectivity index (χ1) is 16.0. The molecule has 4 aromatic rings. The van der Waals surface area contributed by atoms with Gasteiger partial charge in [-0.2, -0.15) is 0 Å². The molecule has 2 aromatic carbocycles. The number of aryl methyl sites for hydroxylation is 3. The van der Waals surface area contributed by atoms with E-state index in [4.69, 9.17) is 4.98 Å². The van der Waals surface area contributed by atoms with Gasteiger partial charge in [0.1, 0.15) is 4.70 Å². The molecule has 7 heteroatoms. The summed E-state index contributed by atoms with van der Waals surface area (Å²) in [5, 5.41) is 5.62. The second-order valence-corrected chi connectivity index (χ2v) is 10.3. The van der Waals surface area contributed by atoms with Crippen molar-refractivity contribution in [2.75, 3.05) is 5.75 Å². The zero-order valence-corrected chi connectivity index (χ0v) is 20.3. The van der Waals surface area contributed by atoms with Gasteiger partial charge in [-0.25, -0.2) is 4.98 Å². The van der Waals surface area contributed by atoms with Crippen LogP contribution < -0.4 is 10.9 Å². The molecule has 2 heterocycles. The predicted molar refractivity (Wildman–Crippen MR) is 135 cm³/mol. The molecule has 0 bridgehead atoms. The van der Waals surface area contributed by atoms with Crippen LogP contribution in [0.2, 0.25) is 0 Å². The minimum absolute atomic E-state index is 0.0425. The van der Waals surface area contributed by atoms with E-state index < -0.39 is 0 Å². The van der Waals surface area contributed by atoms with Crippen molar-refractivity contribution in [2.45, 2.75) is 44.4 Å². The van der Waals surface area contributed by atoms with Crippen molar-refractivity contribution in [1.82, 2.24) is 14.9 Å². The summed E-state index contributed by atoms with van der Waals surface area (Å²) in [6.07, 6.45) is 1.91. The van der Waals surface area contributed by atoms with Crippen molar-refractivity contribution in [3.05, 3.63) is 92.1 Å². The Morgan fingerprint density at radius 2 is 2.03 bits per heavy atom. The quantitative estimate of drug-likeness (QED) is 0.314. The number of hydrogen-bond donors (Lipinski definition) is 1. The highest BCUT2D eigenvalue weighted by molar-refractivity contribution is 7.99. The van der Waals surface area contributed by atoms with Crippen LogP contribution in [-0.2, 0) is 17.8 Å². The third kappa shape index (κ3) is 4.48. The van der Waals surface area contributed by atoms with Gasteiger partial charge < -0.3 is 5.32 Å². The van der Waals surface area contributed by atoms with Crippen molar-refractivity contribution in [3.8, 4) is 0 Å². The zero-order valence-electron chi connectivity index (χ0n) is 18.6. The maximum Gasteiger partial charge on any atom is 0.272 e. The van der Waals surface area contributed by atoms with E-state index in [1.807, 2.05) is 29.6 Å². The Labute approximate surface area is 200 Å². The van der Waals surface area contributed by atoms with Gasteiger partial charge >= 0.3 is 0 Å². The van der Waals surface area contributed by atoms with Gasteiger partial charge in [-0.05, 0) is 66.0 Å². The van der Waals surface area contributed by atoms with E-state index in [1.165, 1.54) is 45.4 Å². The highest BCUT2D eigenvalue weighted by atomic mass is 32.2. The van der Waals surface area contributed by atoms with Crippen LogP contribution in [0.4, 0.5) is 0 Å². The van der Waals surface area contributed by atoms with Gasteiger partial charge in [-0.15, -0.1) is 11.3 Å². The van der Waals surface area contributed by atoms with E-state index in [9.17, 15) is 9.59 Å². The number of carbonyl (C=O) groups is 1. The fourth-order valence-corrected chi connectivity index (χ4v) is 5.92. The third-order valence-corrected chi connectivity index (χ3v) is 8.11. The molecule has 0 fully saturated rings. The van der Waals surface area contributed by atoms with E-state index in [0.29, 0.717) is 21.9 Å². The number of amides is 1. The number of thioether (sulfide) groups is 1. The summed E-state index contributed by atoms with van der Waals surface area (Å²) in [7, 11) is 0. The SMILES string of the molecule is Cc1ccc(Cn2c(SCC(=O)NC3CCc4ccccc43)nc3ccsc3c2=O)cc1C. The van der Waals surface area contributed by atoms with Gasteiger partial charge in [-0.3, -0.25) is 14.2 Å². The molecule has 0 spiro atoms. The number of nitrogens with zero attached hydrogens (tertiary/aromatic N) is 2. The first kappa shape index (κ1) is 21.9. The fraction of sp³-hybridized carbons (Fsp3) is 0.269. The summed E-state index contributed by atoms with van der Waals surface area (Å²) in [5.41, 5.74) is 6.61. The molecule has 168 valence electrons. The molecule has 1 atom stereocenters. The van der Waals surface area contributed by atoms with Crippen LogP contribution in [0.25, 0.3) is 10.2 Å². The van der Waals surface area contributed by atoms with Crippen LogP contribution in [-0.4, -0.2) is 21.2 Å². The van der Waals surface area contributed by atoms with Crippen molar-refractivity contribution in [2.24, 2.45) is 0 Å². The van der Waals surface area contributed by atoms with E-state index in [-0.39, 0.29) is 23.3 Å². The number of carbonyl (C=O) groups excluding carboxylic acids is 1. The molecule has 1 aliphatic carbocycles. The fourth-order valence-electron chi connectivity index (χ4n) is 4.33. The summed E-state index contributed by atoms with van der Waals surface area (Å²) >= 11 is 2.73. The largest absolute Gasteiger partial charge is 0.349 e. The molecule has 33 heavy (non-hydrogen) atoms. The van der Waals surface area contributed by atoms with Gasteiger partial charge in [0, 0.05) is 0 Å².